The molecular formula is C20H20N2O. The van der Waals surface area contributed by atoms with Crippen LogP contribution in [0.2, 0.25) is 0 Å². The molecule has 0 unspecified atom stereocenters. The first kappa shape index (κ1) is 15.2. The van der Waals surface area contributed by atoms with Crippen molar-refractivity contribution >= 4 is 16.5 Å². The van der Waals surface area contributed by atoms with Crippen molar-refractivity contribution in [1.29, 1.82) is 0 Å². The van der Waals surface area contributed by atoms with Gasteiger partial charge in [0.15, 0.2) is 5.58 Å². The Kier molecular flexibility index (Phi) is 4.11. The smallest absolute Gasteiger partial charge is 0.153 e. The lowest BCUT2D eigenvalue weighted by molar-refractivity contribution is 0.593. The SMILES string of the molecule is C=CC(=C)c1cc(-c2cncc3occ(CC(C)C)c23)ccn1. The molecule has 3 heteroatoms. The number of furan rings is 1. The summed E-state index contributed by atoms with van der Waals surface area (Å²) < 4.78 is 5.70. The molecule has 3 rings (SSSR count). The van der Waals surface area contributed by atoms with Gasteiger partial charge in [-0.25, -0.2) is 0 Å². The number of fused-ring (bicyclic) bond motifs is 1. The van der Waals surface area contributed by atoms with Gasteiger partial charge in [-0.1, -0.05) is 33.1 Å². The van der Waals surface area contributed by atoms with E-state index in [-0.39, 0.29) is 0 Å². The minimum Gasteiger partial charge on any atom is -0.462 e. The van der Waals surface area contributed by atoms with Crippen molar-refractivity contribution < 1.29 is 4.42 Å². The molecule has 0 fully saturated rings. The maximum atomic E-state index is 5.70. The second kappa shape index (κ2) is 6.21. The van der Waals surface area contributed by atoms with Gasteiger partial charge in [-0.2, -0.15) is 0 Å². The molecule has 0 atom stereocenters. The summed E-state index contributed by atoms with van der Waals surface area (Å²) in [4.78, 5) is 8.68. The maximum Gasteiger partial charge on any atom is 0.153 e. The molecular weight excluding hydrogens is 284 g/mol. The fourth-order valence-electron chi connectivity index (χ4n) is 2.74. The first-order valence-electron chi connectivity index (χ1n) is 7.72. The van der Waals surface area contributed by atoms with Crippen molar-refractivity contribution in [3.63, 3.8) is 0 Å². The van der Waals surface area contributed by atoms with E-state index in [1.807, 2.05) is 24.6 Å². The zero-order valence-corrected chi connectivity index (χ0v) is 13.5. The third-order valence-electron chi connectivity index (χ3n) is 3.83. The second-order valence-electron chi connectivity index (χ2n) is 6.08. The van der Waals surface area contributed by atoms with E-state index < -0.39 is 0 Å². The molecule has 0 aliphatic rings. The van der Waals surface area contributed by atoms with Crippen LogP contribution < -0.4 is 0 Å². The van der Waals surface area contributed by atoms with Crippen LogP contribution in [-0.4, -0.2) is 9.97 Å². The van der Waals surface area contributed by atoms with Crippen molar-refractivity contribution in [3.8, 4) is 11.1 Å². The molecule has 0 aliphatic heterocycles. The molecule has 0 aliphatic carbocycles. The molecule has 0 saturated carbocycles. The highest BCUT2D eigenvalue weighted by Crippen LogP contribution is 2.33. The molecule has 0 aromatic carbocycles. The van der Waals surface area contributed by atoms with Gasteiger partial charge in [0.1, 0.15) is 0 Å². The van der Waals surface area contributed by atoms with Gasteiger partial charge < -0.3 is 4.42 Å². The summed E-state index contributed by atoms with van der Waals surface area (Å²) in [5.41, 5.74) is 5.78. The topological polar surface area (TPSA) is 38.9 Å². The van der Waals surface area contributed by atoms with Gasteiger partial charge in [-0.15, -0.1) is 0 Å². The van der Waals surface area contributed by atoms with Crippen LogP contribution in [0.5, 0.6) is 0 Å². The highest BCUT2D eigenvalue weighted by molar-refractivity contribution is 5.96. The van der Waals surface area contributed by atoms with Crippen LogP contribution in [-0.2, 0) is 6.42 Å². The Bertz CT molecular complexity index is 874. The maximum absolute atomic E-state index is 5.70. The monoisotopic (exact) mass is 304 g/mol. The van der Waals surface area contributed by atoms with E-state index in [9.17, 15) is 0 Å². The molecule has 0 radical (unpaired) electrons. The molecule has 0 saturated heterocycles. The Labute approximate surface area is 136 Å². The predicted molar refractivity (Wildman–Crippen MR) is 95.0 cm³/mol. The lowest BCUT2D eigenvalue weighted by atomic mass is 9.97. The average molecular weight is 304 g/mol. The molecule has 116 valence electrons. The van der Waals surface area contributed by atoms with Crippen LogP contribution in [0.25, 0.3) is 27.7 Å². The number of rotatable bonds is 5. The van der Waals surface area contributed by atoms with E-state index in [0.29, 0.717) is 5.92 Å². The standard InChI is InChI=1S/C20H20N2O/c1-5-14(4)18-9-15(6-7-22-18)17-10-21-11-19-20(17)16(12-23-19)8-13(2)3/h5-7,9-13H,1,4,8H2,2-3H3. The molecule has 3 aromatic rings. The zero-order chi connectivity index (χ0) is 16.4. The Balaban J connectivity index is 2.18. The summed E-state index contributed by atoms with van der Waals surface area (Å²) >= 11 is 0. The first-order valence-corrected chi connectivity index (χ1v) is 7.72. The normalized spacial score (nSPS) is 11.1. The molecule has 0 bridgehead atoms. The van der Waals surface area contributed by atoms with Crippen LogP contribution in [0, 0.1) is 5.92 Å². The third-order valence-corrected chi connectivity index (χ3v) is 3.83. The van der Waals surface area contributed by atoms with Crippen molar-refractivity contribution in [2.75, 3.05) is 0 Å². The molecule has 3 aromatic heterocycles. The molecule has 3 nitrogen and oxygen atoms in total. The van der Waals surface area contributed by atoms with Crippen molar-refractivity contribution in [3.05, 3.63) is 67.5 Å². The highest BCUT2D eigenvalue weighted by Gasteiger charge is 2.14. The van der Waals surface area contributed by atoms with Crippen LogP contribution in [0.1, 0.15) is 25.1 Å². The van der Waals surface area contributed by atoms with Gasteiger partial charge in [0.2, 0.25) is 0 Å². The molecule has 3 heterocycles. The molecule has 0 N–H and O–H groups in total. The van der Waals surface area contributed by atoms with Gasteiger partial charge >= 0.3 is 0 Å². The number of hydrogen-bond donors (Lipinski definition) is 0. The number of allylic oxidation sites excluding steroid dienone is 2. The van der Waals surface area contributed by atoms with Crippen molar-refractivity contribution in [2.45, 2.75) is 20.3 Å². The van der Waals surface area contributed by atoms with E-state index >= 15 is 0 Å². The van der Waals surface area contributed by atoms with Gasteiger partial charge in [0.25, 0.3) is 0 Å². The van der Waals surface area contributed by atoms with E-state index in [0.717, 1.165) is 39.8 Å². The number of nitrogens with zero attached hydrogens (tertiary/aromatic N) is 2. The summed E-state index contributed by atoms with van der Waals surface area (Å²) in [6.45, 7) is 12.1. The summed E-state index contributed by atoms with van der Waals surface area (Å²) in [5, 5.41) is 1.13. The van der Waals surface area contributed by atoms with Gasteiger partial charge in [0.05, 0.1) is 18.2 Å². The minimum atomic E-state index is 0.561. The quantitative estimate of drug-likeness (QED) is 0.601. The van der Waals surface area contributed by atoms with Crippen molar-refractivity contribution in [1.82, 2.24) is 9.97 Å². The lowest BCUT2D eigenvalue weighted by Crippen LogP contribution is -1.94. The van der Waals surface area contributed by atoms with Crippen LogP contribution >= 0.6 is 0 Å². The summed E-state index contributed by atoms with van der Waals surface area (Å²) in [5.74, 6) is 0.561. The Hall–Kier alpha value is -2.68. The minimum absolute atomic E-state index is 0.561. The fourth-order valence-corrected chi connectivity index (χ4v) is 2.74. The summed E-state index contributed by atoms with van der Waals surface area (Å²) in [6, 6.07) is 4.01. The van der Waals surface area contributed by atoms with Gasteiger partial charge in [-0.3, -0.25) is 9.97 Å². The fraction of sp³-hybridized carbons (Fsp3) is 0.200. The largest absolute Gasteiger partial charge is 0.462 e. The Morgan fingerprint density at radius 3 is 2.91 bits per heavy atom. The number of pyridine rings is 2. The molecule has 0 spiro atoms. The Morgan fingerprint density at radius 1 is 1.35 bits per heavy atom. The average Bonchev–Trinajstić information content (AvgIpc) is 2.96. The lowest BCUT2D eigenvalue weighted by Gasteiger charge is -2.08. The van der Waals surface area contributed by atoms with E-state index in [1.165, 1.54) is 5.56 Å². The van der Waals surface area contributed by atoms with Crippen LogP contribution in [0.15, 0.2) is 60.6 Å². The van der Waals surface area contributed by atoms with Crippen LogP contribution in [0.3, 0.4) is 0 Å². The van der Waals surface area contributed by atoms with E-state index in [1.54, 1.807) is 18.5 Å². The van der Waals surface area contributed by atoms with Gasteiger partial charge in [0, 0.05) is 23.3 Å². The molecule has 0 amide bonds. The van der Waals surface area contributed by atoms with Crippen LogP contribution in [0.4, 0.5) is 0 Å². The first-order chi connectivity index (χ1) is 11.1. The summed E-state index contributed by atoms with van der Waals surface area (Å²) in [7, 11) is 0. The second-order valence-corrected chi connectivity index (χ2v) is 6.08. The summed E-state index contributed by atoms with van der Waals surface area (Å²) in [6.07, 6.45) is 9.99. The van der Waals surface area contributed by atoms with E-state index in [2.05, 4.69) is 37.0 Å². The zero-order valence-electron chi connectivity index (χ0n) is 13.5. The van der Waals surface area contributed by atoms with Gasteiger partial charge in [-0.05, 0) is 41.2 Å². The van der Waals surface area contributed by atoms with Crippen molar-refractivity contribution in [2.24, 2.45) is 5.92 Å². The number of aromatic nitrogens is 2. The highest BCUT2D eigenvalue weighted by atomic mass is 16.3. The number of hydrogen-bond acceptors (Lipinski definition) is 3. The molecule has 23 heavy (non-hydrogen) atoms. The van der Waals surface area contributed by atoms with E-state index in [4.69, 9.17) is 4.42 Å². The third kappa shape index (κ3) is 2.95. The predicted octanol–water partition coefficient (Wildman–Crippen LogP) is 5.29. The Morgan fingerprint density at radius 2 is 2.17 bits per heavy atom.